The lowest BCUT2D eigenvalue weighted by atomic mass is 9.98. The number of hydrogen-bond donors (Lipinski definition) is 1. The number of benzene rings is 3. The zero-order chi connectivity index (χ0) is 19.1. The summed E-state index contributed by atoms with van der Waals surface area (Å²) in [7, 11) is 0. The van der Waals surface area contributed by atoms with Crippen LogP contribution >= 0.6 is 0 Å². The van der Waals surface area contributed by atoms with Crippen molar-refractivity contribution in [3.05, 3.63) is 108 Å². The van der Waals surface area contributed by atoms with E-state index in [1.807, 2.05) is 78.9 Å². The van der Waals surface area contributed by atoms with E-state index >= 15 is 0 Å². The highest BCUT2D eigenvalue weighted by Gasteiger charge is 2.27. The summed E-state index contributed by atoms with van der Waals surface area (Å²) in [5.41, 5.74) is 2.53. The number of carbonyl (C=O) groups excluding carboxylic acids is 2. The quantitative estimate of drug-likeness (QED) is 0.671. The summed E-state index contributed by atoms with van der Waals surface area (Å²) in [4.78, 5) is 24.6. The average molecular weight is 359 g/mol. The molecule has 1 unspecified atom stereocenters. The summed E-state index contributed by atoms with van der Waals surface area (Å²) >= 11 is 0. The van der Waals surface area contributed by atoms with Crippen LogP contribution in [0, 0.1) is 0 Å². The maximum Gasteiger partial charge on any atom is 0.303 e. The van der Waals surface area contributed by atoms with E-state index in [2.05, 4.69) is 5.32 Å². The Bertz CT molecular complexity index is 840. The SMILES string of the molecule is CC(=O)OC(C(=O)NC(c1ccccc1)c1ccccc1)c1ccccc1. The molecule has 0 fully saturated rings. The van der Waals surface area contributed by atoms with Crippen molar-refractivity contribution in [3.63, 3.8) is 0 Å². The van der Waals surface area contributed by atoms with Gasteiger partial charge in [-0.25, -0.2) is 0 Å². The molecule has 0 saturated carbocycles. The molecular weight excluding hydrogens is 338 g/mol. The van der Waals surface area contributed by atoms with Gasteiger partial charge in [-0.05, 0) is 11.1 Å². The number of hydrogen-bond acceptors (Lipinski definition) is 3. The fourth-order valence-electron chi connectivity index (χ4n) is 2.93. The topological polar surface area (TPSA) is 55.4 Å². The van der Waals surface area contributed by atoms with Crippen LogP contribution in [0.3, 0.4) is 0 Å². The first kappa shape index (κ1) is 18.4. The van der Waals surface area contributed by atoms with Crippen molar-refractivity contribution in [3.8, 4) is 0 Å². The fraction of sp³-hybridized carbons (Fsp3) is 0.130. The highest BCUT2D eigenvalue weighted by Crippen LogP contribution is 2.25. The molecule has 3 aromatic carbocycles. The molecule has 0 aromatic heterocycles. The van der Waals surface area contributed by atoms with Gasteiger partial charge in [0.25, 0.3) is 5.91 Å². The molecule has 3 rings (SSSR count). The first-order valence-electron chi connectivity index (χ1n) is 8.77. The third kappa shape index (κ3) is 4.82. The minimum Gasteiger partial charge on any atom is -0.447 e. The molecule has 1 amide bonds. The highest BCUT2D eigenvalue weighted by atomic mass is 16.5. The summed E-state index contributed by atoms with van der Waals surface area (Å²) in [6, 6.07) is 28.1. The lowest BCUT2D eigenvalue weighted by Gasteiger charge is -2.23. The molecule has 4 nitrogen and oxygen atoms in total. The van der Waals surface area contributed by atoms with E-state index < -0.39 is 12.1 Å². The van der Waals surface area contributed by atoms with Crippen LogP contribution in [0.15, 0.2) is 91.0 Å². The Morgan fingerprint density at radius 3 is 1.52 bits per heavy atom. The van der Waals surface area contributed by atoms with Gasteiger partial charge in [-0.1, -0.05) is 91.0 Å². The second-order valence-corrected chi connectivity index (χ2v) is 6.16. The van der Waals surface area contributed by atoms with E-state index in [1.165, 1.54) is 6.92 Å². The van der Waals surface area contributed by atoms with Gasteiger partial charge in [-0.3, -0.25) is 9.59 Å². The van der Waals surface area contributed by atoms with Crippen LogP contribution in [0.1, 0.15) is 35.8 Å². The number of rotatable bonds is 6. The van der Waals surface area contributed by atoms with Crippen molar-refractivity contribution in [2.75, 3.05) is 0 Å². The molecule has 0 aliphatic heterocycles. The Balaban J connectivity index is 1.92. The largest absolute Gasteiger partial charge is 0.447 e. The molecule has 0 bridgehead atoms. The molecule has 136 valence electrons. The third-order valence-electron chi connectivity index (χ3n) is 4.18. The maximum atomic E-state index is 13.0. The molecular formula is C23H21NO3. The van der Waals surface area contributed by atoms with Crippen LogP contribution < -0.4 is 5.32 Å². The Morgan fingerprint density at radius 1 is 0.704 bits per heavy atom. The van der Waals surface area contributed by atoms with Gasteiger partial charge in [0.1, 0.15) is 0 Å². The van der Waals surface area contributed by atoms with Crippen LogP contribution in [0.5, 0.6) is 0 Å². The second-order valence-electron chi connectivity index (χ2n) is 6.16. The number of nitrogens with one attached hydrogen (secondary N) is 1. The predicted molar refractivity (Wildman–Crippen MR) is 104 cm³/mol. The van der Waals surface area contributed by atoms with Crippen molar-refractivity contribution < 1.29 is 14.3 Å². The summed E-state index contributed by atoms with van der Waals surface area (Å²) in [6.45, 7) is 1.30. The molecule has 4 heteroatoms. The Hall–Kier alpha value is -3.40. The first-order valence-corrected chi connectivity index (χ1v) is 8.77. The summed E-state index contributed by atoms with van der Waals surface area (Å²) < 4.78 is 5.32. The predicted octanol–water partition coefficient (Wildman–Crippen LogP) is 4.20. The van der Waals surface area contributed by atoms with E-state index in [1.54, 1.807) is 12.1 Å². The summed E-state index contributed by atoms with van der Waals surface area (Å²) in [6.07, 6.45) is -1.00. The van der Waals surface area contributed by atoms with Gasteiger partial charge in [0, 0.05) is 12.5 Å². The third-order valence-corrected chi connectivity index (χ3v) is 4.18. The van der Waals surface area contributed by atoms with Crippen LogP contribution in [-0.4, -0.2) is 11.9 Å². The van der Waals surface area contributed by atoms with Gasteiger partial charge in [-0.15, -0.1) is 0 Å². The zero-order valence-electron chi connectivity index (χ0n) is 15.0. The summed E-state index contributed by atoms with van der Waals surface area (Å²) in [5, 5.41) is 3.04. The lowest BCUT2D eigenvalue weighted by Crippen LogP contribution is -2.35. The van der Waals surface area contributed by atoms with Crippen molar-refractivity contribution >= 4 is 11.9 Å². The van der Waals surface area contributed by atoms with Crippen molar-refractivity contribution in [2.45, 2.75) is 19.1 Å². The molecule has 0 heterocycles. The molecule has 0 radical (unpaired) electrons. The van der Waals surface area contributed by atoms with Gasteiger partial charge in [-0.2, -0.15) is 0 Å². The van der Waals surface area contributed by atoms with E-state index in [0.29, 0.717) is 5.56 Å². The van der Waals surface area contributed by atoms with Crippen LogP contribution in [0.2, 0.25) is 0 Å². The molecule has 0 aliphatic carbocycles. The maximum absolute atomic E-state index is 13.0. The highest BCUT2D eigenvalue weighted by molar-refractivity contribution is 5.85. The standard InChI is InChI=1S/C23H21NO3/c1-17(25)27-22(20-15-9-4-10-16-20)23(26)24-21(18-11-5-2-6-12-18)19-13-7-3-8-14-19/h2-16,21-22H,1H3,(H,24,26). The van der Waals surface area contributed by atoms with Crippen molar-refractivity contribution in [2.24, 2.45) is 0 Å². The number of ether oxygens (including phenoxy) is 1. The van der Waals surface area contributed by atoms with E-state index in [9.17, 15) is 9.59 Å². The van der Waals surface area contributed by atoms with E-state index in [4.69, 9.17) is 4.74 Å². The van der Waals surface area contributed by atoms with E-state index in [-0.39, 0.29) is 11.9 Å². The normalized spacial score (nSPS) is 11.6. The fourth-order valence-corrected chi connectivity index (χ4v) is 2.93. The van der Waals surface area contributed by atoms with Gasteiger partial charge in [0.15, 0.2) is 0 Å². The van der Waals surface area contributed by atoms with E-state index in [0.717, 1.165) is 11.1 Å². The lowest BCUT2D eigenvalue weighted by molar-refractivity contribution is -0.154. The van der Waals surface area contributed by atoms with Crippen LogP contribution in [0.25, 0.3) is 0 Å². The van der Waals surface area contributed by atoms with Gasteiger partial charge < -0.3 is 10.1 Å². The number of carbonyl (C=O) groups is 2. The van der Waals surface area contributed by atoms with Crippen molar-refractivity contribution in [1.82, 2.24) is 5.32 Å². The number of amides is 1. The Labute approximate surface area is 158 Å². The van der Waals surface area contributed by atoms with Gasteiger partial charge in [0.05, 0.1) is 6.04 Å². The monoisotopic (exact) mass is 359 g/mol. The average Bonchev–Trinajstić information content (AvgIpc) is 2.72. The van der Waals surface area contributed by atoms with Crippen molar-refractivity contribution in [1.29, 1.82) is 0 Å². The Morgan fingerprint density at radius 2 is 1.11 bits per heavy atom. The van der Waals surface area contributed by atoms with Crippen LogP contribution in [0.4, 0.5) is 0 Å². The molecule has 0 spiro atoms. The minimum absolute atomic E-state index is 0.346. The molecule has 0 saturated heterocycles. The van der Waals surface area contributed by atoms with Gasteiger partial charge in [0.2, 0.25) is 6.10 Å². The zero-order valence-corrected chi connectivity index (χ0v) is 15.0. The smallest absolute Gasteiger partial charge is 0.303 e. The number of esters is 1. The Kier molecular flexibility index (Phi) is 6.00. The minimum atomic E-state index is -1.00. The molecule has 3 aromatic rings. The second kappa shape index (κ2) is 8.81. The molecule has 0 aliphatic rings. The molecule has 1 atom stereocenters. The first-order chi connectivity index (χ1) is 13.1. The molecule has 27 heavy (non-hydrogen) atoms. The van der Waals surface area contributed by atoms with Gasteiger partial charge >= 0.3 is 5.97 Å². The van der Waals surface area contributed by atoms with Crippen LogP contribution in [-0.2, 0) is 14.3 Å². The molecule has 1 N–H and O–H groups in total. The summed E-state index contributed by atoms with van der Waals surface area (Å²) in [5.74, 6) is -0.871.